The highest BCUT2D eigenvalue weighted by atomic mass is 32.2. The van der Waals surface area contributed by atoms with Gasteiger partial charge in [-0.15, -0.1) is 0 Å². The molecule has 1 fully saturated rings. The average Bonchev–Trinajstić information content (AvgIpc) is 3.04. The van der Waals surface area contributed by atoms with Gasteiger partial charge in [-0.2, -0.15) is 11.8 Å². The number of aliphatic carboxylic acids is 1. The molecular formula is C18H35N3O7S. The van der Waals surface area contributed by atoms with Crippen LogP contribution in [-0.4, -0.2) is 94.6 Å². The second-order valence-electron chi connectivity index (χ2n) is 7.01. The van der Waals surface area contributed by atoms with E-state index in [1.165, 1.54) is 6.92 Å². The lowest BCUT2D eigenvalue weighted by atomic mass is 9.97. The zero-order chi connectivity index (χ0) is 22.6. The molecule has 1 saturated heterocycles. The molecule has 29 heavy (non-hydrogen) atoms. The van der Waals surface area contributed by atoms with Gasteiger partial charge in [0.1, 0.15) is 18.2 Å². The molecule has 1 heterocycles. The Hall–Kier alpha value is -1.24. The van der Waals surface area contributed by atoms with Crippen molar-refractivity contribution in [3.8, 4) is 0 Å². The molecule has 11 heteroatoms. The fraction of sp³-hybridized carbons (Fsp3) is 0.833. The number of nitrogens with one attached hydrogen (secondary N) is 2. The van der Waals surface area contributed by atoms with Gasteiger partial charge in [-0.05, 0) is 19.6 Å². The third-order valence-corrected chi connectivity index (χ3v) is 4.64. The van der Waals surface area contributed by atoms with Crippen LogP contribution in [0.3, 0.4) is 0 Å². The first-order valence-corrected chi connectivity index (χ1v) is 10.9. The van der Waals surface area contributed by atoms with Gasteiger partial charge >= 0.3 is 5.97 Å². The lowest BCUT2D eigenvalue weighted by Gasteiger charge is -2.28. The molecule has 0 bridgehead atoms. The summed E-state index contributed by atoms with van der Waals surface area (Å²) in [7, 11) is 0. The summed E-state index contributed by atoms with van der Waals surface area (Å²) in [5.74, 6) is -1.49. The molecule has 0 saturated carbocycles. The summed E-state index contributed by atoms with van der Waals surface area (Å²) in [6, 6.07) is -2.45. The quantitative estimate of drug-likeness (QED) is 0.229. The summed E-state index contributed by atoms with van der Waals surface area (Å²) < 4.78 is 5.31. The van der Waals surface area contributed by atoms with E-state index in [-0.39, 0.29) is 12.6 Å². The number of thioether (sulfide) groups is 1. The molecule has 0 aromatic rings. The third kappa shape index (κ3) is 10.9. The molecule has 170 valence electrons. The number of hydrogen-bond donors (Lipinski definition) is 6. The summed E-state index contributed by atoms with van der Waals surface area (Å²) in [6.07, 6.45) is -1.38. The first-order chi connectivity index (χ1) is 13.5. The fourth-order valence-corrected chi connectivity index (χ4v) is 2.91. The van der Waals surface area contributed by atoms with Gasteiger partial charge in [-0.3, -0.25) is 14.4 Å². The molecule has 10 nitrogen and oxygen atoms in total. The lowest BCUT2D eigenvalue weighted by Crippen LogP contribution is -2.58. The smallest absolute Gasteiger partial charge is 0.305 e. The number of ketones is 1. The van der Waals surface area contributed by atoms with Crippen molar-refractivity contribution in [2.75, 3.05) is 25.2 Å². The van der Waals surface area contributed by atoms with Gasteiger partial charge < -0.3 is 36.4 Å². The number of hydrogen-bond acceptors (Lipinski definition) is 9. The maximum absolute atomic E-state index is 12.4. The maximum Gasteiger partial charge on any atom is 0.305 e. The van der Waals surface area contributed by atoms with Crippen molar-refractivity contribution < 1.29 is 34.4 Å². The molecule has 7 N–H and O–H groups in total. The van der Waals surface area contributed by atoms with Crippen LogP contribution in [-0.2, 0) is 19.1 Å². The van der Waals surface area contributed by atoms with Crippen LogP contribution in [0, 0.1) is 0 Å². The highest BCUT2D eigenvalue weighted by Gasteiger charge is 2.41. The molecule has 1 rings (SSSR count). The van der Waals surface area contributed by atoms with E-state index in [2.05, 4.69) is 10.6 Å². The van der Waals surface area contributed by atoms with E-state index in [0.29, 0.717) is 6.42 Å². The number of rotatable bonds is 11. The van der Waals surface area contributed by atoms with E-state index < -0.39 is 54.5 Å². The summed E-state index contributed by atoms with van der Waals surface area (Å²) in [4.78, 5) is 35.5. The Morgan fingerprint density at radius 1 is 1.28 bits per heavy atom. The first-order valence-electron chi connectivity index (χ1n) is 9.53. The van der Waals surface area contributed by atoms with Crippen molar-refractivity contribution in [3.05, 3.63) is 0 Å². The SMILES string of the molecule is CC(C)NC(CC(=O)O)C(=O)NC(C(=O)C(C)O)C1OCCC1O.CSCCN. The van der Waals surface area contributed by atoms with E-state index in [1.54, 1.807) is 25.6 Å². The van der Waals surface area contributed by atoms with E-state index in [1.807, 2.05) is 6.26 Å². The molecule has 1 aliphatic rings. The molecule has 5 unspecified atom stereocenters. The number of amides is 1. The third-order valence-electron chi connectivity index (χ3n) is 4.00. The molecule has 1 amide bonds. The van der Waals surface area contributed by atoms with E-state index >= 15 is 0 Å². The number of carboxylic acid groups (broad SMARTS) is 1. The number of carboxylic acids is 1. The second kappa shape index (κ2) is 14.7. The number of aliphatic hydroxyl groups excluding tert-OH is 2. The maximum atomic E-state index is 12.4. The predicted molar refractivity (Wildman–Crippen MR) is 111 cm³/mol. The van der Waals surface area contributed by atoms with Gasteiger partial charge in [0.25, 0.3) is 0 Å². The predicted octanol–water partition coefficient (Wildman–Crippen LogP) is -1.28. The molecule has 0 aliphatic carbocycles. The summed E-state index contributed by atoms with van der Waals surface area (Å²) in [5, 5.41) is 33.6. The molecule has 0 aromatic carbocycles. The number of ether oxygens (including phenoxy) is 1. The molecular weight excluding hydrogens is 402 g/mol. The topological polar surface area (TPSA) is 171 Å². The van der Waals surface area contributed by atoms with Gasteiger partial charge in [0.15, 0.2) is 5.78 Å². The number of aliphatic hydroxyl groups is 2. The summed E-state index contributed by atoms with van der Waals surface area (Å²) >= 11 is 1.78. The van der Waals surface area contributed by atoms with Gasteiger partial charge in [-0.1, -0.05) is 13.8 Å². The molecule has 0 aromatic heterocycles. The number of carbonyl (C=O) groups is 3. The van der Waals surface area contributed by atoms with Gasteiger partial charge in [0, 0.05) is 24.9 Å². The second-order valence-corrected chi connectivity index (χ2v) is 7.99. The van der Waals surface area contributed by atoms with Crippen LogP contribution in [0.4, 0.5) is 0 Å². The molecule has 1 aliphatic heterocycles. The zero-order valence-electron chi connectivity index (χ0n) is 17.5. The highest BCUT2D eigenvalue weighted by molar-refractivity contribution is 7.98. The van der Waals surface area contributed by atoms with Crippen molar-refractivity contribution >= 4 is 29.4 Å². The van der Waals surface area contributed by atoms with Crippen molar-refractivity contribution in [2.24, 2.45) is 5.73 Å². The van der Waals surface area contributed by atoms with Crippen LogP contribution in [0.2, 0.25) is 0 Å². The average molecular weight is 438 g/mol. The lowest BCUT2D eigenvalue weighted by molar-refractivity contribution is -0.141. The Labute approximate surface area is 175 Å². The number of Topliss-reactive ketones (excluding diaryl/α,β-unsaturated/α-hetero) is 1. The van der Waals surface area contributed by atoms with Crippen LogP contribution in [0.1, 0.15) is 33.6 Å². The fourth-order valence-electron chi connectivity index (χ4n) is 2.67. The normalized spacial score (nSPS) is 21.7. The van der Waals surface area contributed by atoms with Gasteiger partial charge in [0.2, 0.25) is 5.91 Å². The van der Waals surface area contributed by atoms with Crippen molar-refractivity contribution in [3.63, 3.8) is 0 Å². The Kier molecular flexibility index (Phi) is 14.1. The van der Waals surface area contributed by atoms with E-state index in [9.17, 15) is 24.6 Å². The Morgan fingerprint density at radius 3 is 2.24 bits per heavy atom. The largest absolute Gasteiger partial charge is 0.481 e. The first kappa shape index (κ1) is 27.8. The van der Waals surface area contributed by atoms with E-state index in [4.69, 9.17) is 15.6 Å². The molecule has 0 radical (unpaired) electrons. The summed E-state index contributed by atoms with van der Waals surface area (Å²) in [6.45, 7) is 5.80. The van der Waals surface area contributed by atoms with Crippen LogP contribution in [0.15, 0.2) is 0 Å². The van der Waals surface area contributed by atoms with Crippen LogP contribution < -0.4 is 16.4 Å². The Balaban J connectivity index is 0.00000139. The monoisotopic (exact) mass is 437 g/mol. The minimum atomic E-state index is -1.36. The minimum absolute atomic E-state index is 0.153. The van der Waals surface area contributed by atoms with Gasteiger partial charge in [-0.25, -0.2) is 0 Å². The van der Waals surface area contributed by atoms with E-state index in [0.717, 1.165) is 12.3 Å². The van der Waals surface area contributed by atoms with Crippen LogP contribution in [0.25, 0.3) is 0 Å². The molecule has 5 atom stereocenters. The Morgan fingerprint density at radius 2 is 1.90 bits per heavy atom. The highest BCUT2D eigenvalue weighted by Crippen LogP contribution is 2.18. The number of nitrogens with two attached hydrogens (primary N) is 1. The zero-order valence-corrected chi connectivity index (χ0v) is 18.3. The van der Waals surface area contributed by atoms with Crippen LogP contribution in [0.5, 0.6) is 0 Å². The number of carbonyl (C=O) groups excluding carboxylic acids is 2. The standard InChI is InChI=1S/C15H26N2O7.C3H9NS/c1-7(2)16-9(6-11(20)21)15(23)17-12(13(22)8(3)18)14-10(19)4-5-24-14;1-5-3-2-4/h7-10,12,14,16,18-19H,4-6H2,1-3H3,(H,17,23)(H,20,21);2-4H2,1H3. The molecule has 0 spiro atoms. The van der Waals surface area contributed by atoms with Crippen molar-refractivity contribution in [1.82, 2.24) is 10.6 Å². The minimum Gasteiger partial charge on any atom is -0.481 e. The summed E-state index contributed by atoms with van der Waals surface area (Å²) in [5.41, 5.74) is 5.12. The van der Waals surface area contributed by atoms with Crippen molar-refractivity contribution in [1.29, 1.82) is 0 Å². The van der Waals surface area contributed by atoms with Crippen molar-refractivity contribution in [2.45, 2.75) is 70.1 Å². The van der Waals surface area contributed by atoms with Crippen LogP contribution >= 0.6 is 11.8 Å². The van der Waals surface area contributed by atoms with Gasteiger partial charge in [0.05, 0.1) is 18.6 Å². The Bertz CT molecular complexity index is 518.